The maximum atomic E-state index is 13.7. The molecule has 2 heterocycles. The molecule has 0 N–H and O–H groups in total. The second-order valence-electron chi connectivity index (χ2n) is 27.9. The van der Waals surface area contributed by atoms with Crippen LogP contribution in [0.25, 0.3) is 34.7 Å². The van der Waals surface area contributed by atoms with E-state index in [9.17, 15) is 9.59 Å². The van der Waals surface area contributed by atoms with Crippen molar-refractivity contribution in [2.75, 3.05) is 26.4 Å². The first-order valence-corrected chi connectivity index (χ1v) is 40.5. The van der Waals surface area contributed by atoms with E-state index in [1.54, 1.807) is 72.8 Å². The van der Waals surface area contributed by atoms with Gasteiger partial charge in [-0.05, 0) is 111 Å². The number of unbranched alkanes of at least 4 members (excludes halogenated alkanes) is 44. The quantitative estimate of drug-likeness (QED) is 0.0201. The minimum absolute atomic E-state index is 0.0336. The third kappa shape index (κ3) is 35.3. The lowest BCUT2D eigenvalue weighted by molar-refractivity contribution is 0.0724. The normalized spacial score (nSPS) is 11.4. The monoisotopic (exact) mass is 1380 g/mol. The Labute approximate surface area is 603 Å². The Morgan fingerprint density at radius 1 is 0.260 bits per heavy atom. The fraction of sp³-hybridized carbons (Fsp3) is 0.651. The van der Waals surface area contributed by atoms with Crippen LogP contribution in [-0.4, -0.2) is 58.8 Å². The summed E-state index contributed by atoms with van der Waals surface area (Å²) >= 11 is 0. The largest absolute Gasteiger partial charge is 0.490 e. The van der Waals surface area contributed by atoms with Gasteiger partial charge in [-0.1, -0.05) is 310 Å². The van der Waals surface area contributed by atoms with E-state index in [0.717, 1.165) is 51.4 Å². The van der Waals surface area contributed by atoms with E-state index in [0.29, 0.717) is 83.2 Å². The van der Waals surface area contributed by atoms with Gasteiger partial charge in [0.25, 0.3) is 0 Å². The third-order valence-corrected chi connectivity index (χ3v) is 19.0. The van der Waals surface area contributed by atoms with Crippen molar-refractivity contribution in [1.29, 1.82) is 0 Å². The van der Waals surface area contributed by atoms with Gasteiger partial charge in [0.05, 0.1) is 37.6 Å². The SMILES string of the molecule is CCCCCCCCCCCCCCOc1ccc(C(=O)Oc2ccc(-c3nnc(-c4nnc(-c5ccc(OC(=O)c6ccc(OCCCCCCCCCCCCCC)c(OCCCCCCCCCCCCCC)c6)cc5)o4)o3)cc2)cc1OCCCCCCCCCCCCCC. The molecule has 0 aliphatic heterocycles. The van der Waals surface area contributed by atoms with Gasteiger partial charge in [-0.3, -0.25) is 0 Å². The van der Waals surface area contributed by atoms with E-state index < -0.39 is 11.9 Å². The molecule has 554 valence electrons. The van der Waals surface area contributed by atoms with Gasteiger partial charge in [0.15, 0.2) is 23.0 Å². The number of rotatable bonds is 63. The Hall–Kier alpha value is -6.70. The predicted octanol–water partition coefficient (Wildman–Crippen LogP) is 26.2. The Bertz CT molecular complexity index is 2810. The van der Waals surface area contributed by atoms with E-state index in [-0.39, 0.29) is 23.6 Å². The molecule has 0 amide bonds. The fourth-order valence-electron chi connectivity index (χ4n) is 12.8. The predicted molar refractivity (Wildman–Crippen MR) is 408 cm³/mol. The molecule has 0 radical (unpaired) electrons. The van der Waals surface area contributed by atoms with Crippen LogP contribution in [0.2, 0.25) is 0 Å². The van der Waals surface area contributed by atoms with Gasteiger partial charge in [0.1, 0.15) is 11.5 Å². The Morgan fingerprint density at radius 2 is 0.480 bits per heavy atom. The topological polar surface area (TPSA) is 167 Å². The number of nitrogens with zero attached hydrogens (tertiary/aromatic N) is 4. The molecule has 0 bridgehead atoms. The number of hydrogen-bond acceptors (Lipinski definition) is 14. The van der Waals surface area contributed by atoms with Crippen molar-refractivity contribution in [2.24, 2.45) is 0 Å². The summed E-state index contributed by atoms with van der Waals surface area (Å²) in [5.74, 6) is 2.59. The molecule has 6 rings (SSSR count). The van der Waals surface area contributed by atoms with E-state index in [2.05, 4.69) is 48.1 Å². The summed E-state index contributed by atoms with van der Waals surface area (Å²) in [5, 5.41) is 16.9. The summed E-state index contributed by atoms with van der Waals surface area (Å²) in [6.07, 6.45) is 61.2. The lowest BCUT2D eigenvalue weighted by Crippen LogP contribution is -2.10. The molecule has 0 fully saturated rings. The van der Waals surface area contributed by atoms with Crippen molar-refractivity contribution in [3.8, 4) is 69.2 Å². The molecule has 0 unspecified atom stereocenters. The minimum Gasteiger partial charge on any atom is -0.490 e. The van der Waals surface area contributed by atoms with E-state index in [4.69, 9.17) is 37.3 Å². The van der Waals surface area contributed by atoms with Crippen molar-refractivity contribution < 1.29 is 46.8 Å². The maximum absolute atomic E-state index is 13.7. The van der Waals surface area contributed by atoms with Crippen LogP contribution in [0.15, 0.2) is 93.8 Å². The zero-order chi connectivity index (χ0) is 70.4. The number of benzene rings is 4. The maximum Gasteiger partial charge on any atom is 0.343 e. The van der Waals surface area contributed by atoms with E-state index >= 15 is 0 Å². The van der Waals surface area contributed by atoms with Crippen LogP contribution >= 0.6 is 0 Å². The highest BCUT2D eigenvalue weighted by Gasteiger charge is 2.21. The molecule has 14 nitrogen and oxygen atoms in total. The zero-order valence-corrected chi connectivity index (χ0v) is 62.7. The zero-order valence-electron chi connectivity index (χ0n) is 62.7. The molecule has 0 saturated carbocycles. The number of esters is 2. The van der Waals surface area contributed by atoms with Crippen LogP contribution in [0.5, 0.6) is 34.5 Å². The highest BCUT2D eigenvalue weighted by atomic mass is 16.5. The number of carbonyl (C=O) groups excluding carboxylic acids is 2. The first kappa shape index (κ1) is 82.3. The van der Waals surface area contributed by atoms with Crippen LogP contribution < -0.4 is 28.4 Å². The lowest BCUT2D eigenvalue weighted by Gasteiger charge is -2.14. The van der Waals surface area contributed by atoms with E-state index in [1.165, 1.54) is 257 Å². The van der Waals surface area contributed by atoms with Gasteiger partial charge in [-0.15, -0.1) is 20.4 Å². The highest BCUT2D eigenvalue weighted by molar-refractivity contribution is 5.92. The van der Waals surface area contributed by atoms with Crippen molar-refractivity contribution in [3.05, 3.63) is 96.1 Å². The summed E-state index contributed by atoms with van der Waals surface area (Å²) in [5.41, 5.74) is 1.93. The summed E-state index contributed by atoms with van der Waals surface area (Å²) in [6, 6.07) is 24.3. The molecule has 0 spiro atoms. The van der Waals surface area contributed by atoms with Crippen LogP contribution in [0, 0.1) is 0 Å². The first-order chi connectivity index (χ1) is 49.4. The standard InChI is InChI=1S/C86H130N4O10/c1-5-9-13-17-21-25-29-33-37-41-45-49-65-93-77-63-57-73(69-79(77)95-67-51-47-43-39-35-31-27-23-19-15-11-7-3)85(91)97-75-59-53-71(54-60-75)81-87-89-83(99-81)84-90-88-82(100-84)72-55-61-76(62-56-72)98-86(92)74-58-64-78(94-66-50-46-42-38-34-30-26-22-18-14-10-6-2)80(70-74)96-68-52-48-44-40-36-32-28-24-20-16-12-8-4/h53-64,69-70H,5-52,65-68H2,1-4H3. The van der Waals surface area contributed by atoms with Gasteiger partial charge in [-0.2, -0.15) is 0 Å². The van der Waals surface area contributed by atoms with Gasteiger partial charge in [0, 0.05) is 11.1 Å². The van der Waals surface area contributed by atoms with Crippen molar-refractivity contribution >= 4 is 11.9 Å². The molecule has 6 aromatic rings. The summed E-state index contributed by atoms with van der Waals surface area (Å²) in [7, 11) is 0. The van der Waals surface area contributed by atoms with Gasteiger partial charge < -0.3 is 37.3 Å². The summed E-state index contributed by atoms with van der Waals surface area (Å²) < 4.78 is 49.0. The van der Waals surface area contributed by atoms with Gasteiger partial charge in [-0.25, -0.2) is 9.59 Å². The Kier molecular flexibility index (Phi) is 44.5. The molecule has 0 saturated heterocycles. The molecule has 100 heavy (non-hydrogen) atoms. The molecule has 0 aliphatic carbocycles. The number of ether oxygens (including phenoxy) is 6. The fourth-order valence-corrected chi connectivity index (χ4v) is 12.8. The lowest BCUT2D eigenvalue weighted by atomic mass is 10.1. The van der Waals surface area contributed by atoms with Crippen molar-refractivity contribution in [3.63, 3.8) is 0 Å². The van der Waals surface area contributed by atoms with Crippen LogP contribution in [-0.2, 0) is 0 Å². The third-order valence-electron chi connectivity index (χ3n) is 19.0. The Morgan fingerprint density at radius 3 is 0.730 bits per heavy atom. The molecule has 0 atom stereocenters. The first-order valence-electron chi connectivity index (χ1n) is 40.5. The molecule has 2 aromatic heterocycles. The average Bonchev–Trinajstić information content (AvgIpc) is 1.56. The molecule has 0 aliphatic rings. The second-order valence-corrected chi connectivity index (χ2v) is 27.9. The highest BCUT2D eigenvalue weighted by Crippen LogP contribution is 2.34. The van der Waals surface area contributed by atoms with E-state index in [1.807, 2.05) is 12.1 Å². The Balaban J connectivity index is 0.966. The second kappa shape index (κ2) is 54.1. The molecular weight excluding hydrogens is 1250 g/mol. The minimum atomic E-state index is -0.510. The number of carbonyl (C=O) groups is 2. The van der Waals surface area contributed by atoms with Gasteiger partial charge >= 0.3 is 23.7 Å². The van der Waals surface area contributed by atoms with Crippen molar-refractivity contribution in [1.82, 2.24) is 20.4 Å². The molecular formula is C86H130N4O10. The summed E-state index contributed by atoms with van der Waals surface area (Å²) in [6.45, 7) is 11.4. The van der Waals surface area contributed by atoms with Crippen LogP contribution in [0.3, 0.4) is 0 Å². The summed E-state index contributed by atoms with van der Waals surface area (Å²) in [4.78, 5) is 27.3. The van der Waals surface area contributed by atoms with Crippen molar-refractivity contribution in [2.45, 2.75) is 336 Å². The smallest absolute Gasteiger partial charge is 0.343 e. The number of hydrogen-bond donors (Lipinski definition) is 0. The van der Waals surface area contributed by atoms with Crippen LogP contribution in [0.4, 0.5) is 0 Å². The average molecular weight is 1380 g/mol. The molecule has 4 aromatic carbocycles. The molecule has 14 heteroatoms. The van der Waals surface area contributed by atoms with Gasteiger partial charge in [0.2, 0.25) is 11.8 Å². The number of aromatic nitrogens is 4. The van der Waals surface area contributed by atoms with Crippen LogP contribution in [0.1, 0.15) is 357 Å².